The minimum atomic E-state index is -0.141. The summed E-state index contributed by atoms with van der Waals surface area (Å²) in [6.07, 6.45) is 1.95. The molecule has 3 rings (SSSR count). The molecule has 0 bridgehead atoms. The van der Waals surface area contributed by atoms with Gasteiger partial charge in [-0.1, -0.05) is 49.7 Å². The van der Waals surface area contributed by atoms with Gasteiger partial charge in [0.25, 0.3) is 0 Å². The lowest BCUT2D eigenvalue weighted by Gasteiger charge is -2.27. The lowest BCUT2D eigenvalue weighted by Crippen LogP contribution is -2.43. The molecule has 0 atom stereocenters. The van der Waals surface area contributed by atoms with Gasteiger partial charge >= 0.3 is 0 Å². The highest BCUT2D eigenvalue weighted by molar-refractivity contribution is 6.31. The zero-order valence-electron chi connectivity index (χ0n) is 15.2. The van der Waals surface area contributed by atoms with E-state index >= 15 is 0 Å². The second-order valence-electron chi connectivity index (χ2n) is 6.69. The number of hydrogen-bond acceptors (Lipinski definition) is 3. The quantitative estimate of drug-likeness (QED) is 0.535. The van der Waals surface area contributed by atoms with E-state index in [-0.39, 0.29) is 5.41 Å². The molecule has 0 amide bonds. The largest absolute Gasteiger partial charge is 0.356 e. The van der Waals surface area contributed by atoms with Gasteiger partial charge in [-0.25, -0.2) is 0 Å². The van der Waals surface area contributed by atoms with E-state index in [2.05, 4.69) is 45.7 Å². The summed E-state index contributed by atoms with van der Waals surface area (Å²) in [7, 11) is 1.75. The monoisotopic (exact) mass is 370 g/mol. The van der Waals surface area contributed by atoms with E-state index in [1.54, 1.807) is 7.05 Å². The zero-order chi connectivity index (χ0) is 18.6. The zero-order valence-corrected chi connectivity index (χ0v) is 16.0. The third-order valence-corrected chi connectivity index (χ3v) is 4.65. The fourth-order valence-corrected chi connectivity index (χ4v) is 3.20. The maximum atomic E-state index is 6.35. The third kappa shape index (κ3) is 3.96. The van der Waals surface area contributed by atoms with Gasteiger partial charge in [-0.15, -0.1) is 10.2 Å². The smallest absolute Gasteiger partial charge is 0.191 e. The second-order valence-corrected chi connectivity index (χ2v) is 7.10. The number of fused-ring (bicyclic) bond motifs is 1. The predicted octanol–water partition coefficient (Wildman–Crippen LogP) is 3.03. The molecule has 136 valence electrons. The fraction of sp³-hybridized carbons (Fsp3) is 0.316. The van der Waals surface area contributed by atoms with Gasteiger partial charge < -0.3 is 10.6 Å². The molecule has 0 aliphatic carbocycles. The number of aliphatic imine (C=N–C) groups is 1. The van der Waals surface area contributed by atoms with E-state index in [0.29, 0.717) is 19.0 Å². The van der Waals surface area contributed by atoms with E-state index in [1.165, 1.54) is 0 Å². The van der Waals surface area contributed by atoms with Crippen LogP contribution in [0.25, 0.3) is 5.65 Å². The second kappa shape index (κ2) is 7.74. The van der Waals surface area contributed by atoms with Gasteiger partial charge in [0.15, 0.2) is 17.4 Å². The minimum absolute atomic E-state index is 0.141. The fourth-order valence-electron chi connectivity index (χ4n) is 2.80. The number of nitrogens with zero attached hydrogens (tertiary/aromatic N) is 4. The van der Waals surface area contributed by atoms with Gasteiger partial charge in [-0.05, 0) is 23.8 Å². The van der Waals surface area contributed by atoms with Crippen LogP contribution in [0.2, 0.25) is 5.02 Å². The Morgan fingerprint density at radius 1 is 1.12 bits per heavy atom. The van der Waals surface area contributed by atoms with Crippen LogP contribution in [-0.2, 0) is 12.0 Å². The summed E-state index contributed by atoms with van der Waals surface area (Å²) in [5.41, 5.74) is 1.79. The van der Waals surface area contributed by atoms with Crippen LogP contribution < -0.4 is 10.6 Å². The first-order chi connectivity index (χ1) is 12.5. The molecule has 0 fully saturated rings. The van der Waals surface area contributed by atoms with Crippen LogP contribution in [0.3, 0.4) is 0 Å². The van der Waals surface area contributed by atoms with Gasteiger partial charge in [0.1, 0.15) is 0 Å². The summed E-state index contributed by atoms with van der Waals surface area (Å²) >= 11 is 6.35. The molecule has 0 aliphatic heterocycles. The summed E-state index contributed by atoms with van der Waals surface area (Å²) in [6, 6.07) is 13.8. The molecular formula is C19H23ClN6. The Bertz CT molecular complexity index is 915. The van der Waals surface area contributed by atoms with E-state index in [1.807, 2.05) is 47.0 Å². The van der Waals surface area contributed by atoms with Gasteiger partial charge in [0.05, 0.1) is 6.54 Å². The van der Waals surface area contributed by atoms with Crippen LogP contribution in [-0.4, -0.2) is 34.2 Å². The summed E-state index contributed by atoms with van der Waals surface area (Å²) in [5, 5.41) is 15.8. The molecule has 2 aromatic heterocycles. The number of rotatable bonds is 5. The molecule has 26 heavy (non-hydrogen) atoms. The summed E-state index contributed by atoms with van der Waals surface area (Å²) in [6.45, 7) is 5.52. The summed E-state index contributed by atoms with van der Waals surface area (Å²) in [5.74, 6) is 1.53. The number of hydrogen-bond donors (Lipinski definition) is 2. The van der Waals surface area contributed by atoms with Gasteiger partial charge in [-0.2, -0.15) is 0 Å². The number of halogens is 1. The third-order valence-electron chi connectivity index (χ3n) is 4.32. The van der Waals surface area contributed by atoms with Crippen molar-refractivity contribution in [2.24, 2.45) is 4.99 Å². The first-order valence-electron chi connectivity index (χ1n) is 8.49. The molecule has 7 heteroatoms. The number of nitrogens with one attached hydrogen (secondary N) is 2. The Morgan fingerprint density at radius 2 is 1.88 bits per heavy atom. The predicted molar refractivity (Wildman–Crippen MR) is 106 cm³/mol. The van der Waals surface area contributed by atoms with E-state index in [0.717, 1.165) is 22.1 Å². The maximum Gasteiger partial charge on any atom is 0.191 e. The molecule has 0 unspecified atom stereocenters. The average molecular weight is 371 g/mol. The van der Waals surface area contributed by atoms with Crippen molar-refractivity contribution in [3.05, 3.63) is 65.1 Å². The van der Waals surface area contributed by atoms with Crippen molar-refractivity contribution in [3.8, 4) is 0 Å². The van der Waals surface area contributed by atoms with Crippen LogP contribution in [0.5, 0.6) is 0 Å². The van der Waals surface area contributed by atoms with Crippen molar-refractivity contribution < 1.29 is 0 Å². The highest BCUT2D eigenvalue weighted by Crippen LogP contribution is 2.28. The Balaban J connectivity index is 1.62. The molecule has 6 nitrogen and oxygen atoms in total. The van der Waals surface area contributed by atoms with Crippen LogP contribution in [0.4, 0.5) is 0 Å². The van der Waals surface area contributed by atoms with Crippen molar-refractivity contribution in [3.63, 3.8) is 0 Å². The first kappa shape index (κ1) is 18.2. The number of pyridine rings is 1. The number of benzene rings is 1. The Morgan fingerprint density at radius 3 is 2.65 bits per heavy atom. The van der Waals surface area contributed by atoms with Crippen molar-refractivity contribution in [2.75, 3.05) is 13.6 Å². The number of aromatic nitrogens is 3. The topological polar surface area (TPSA) is 66.6 Å². The van der Waals surface area contributed by atoms with Crippen LogP contribution >= 0.6 is 11.6 Å². The van der Waals surface area contributed by atoms with Gasteiger partial charge in [0, 0.05) is 30.2 Å². The van der Waals surface area contributed by atoms with Crippen LogP contribution in [0.15, 0.2) is 53.7 Å². The first-order valence-corrected chi connectivity index (χ1v) is 8.87. The van der Waals surface area contributed by atoms with Gasteiger partial charge in [0.2, 0.25) is 0 Å². The molecule has 0 radical (unpaired) electrons. The highest BCUT2D eigenvalue weighted by Gasteiger charge is 2.23. The summed E-state index contributed by atoms with van der Waals surface area (Å²) < 4.78 is 1.95. The standard InChI is InChI=1S/C19H23ClN6/c1-19(2,14-8-4-5-9-15(14)20)13-23-18(21-3)22-12-17-25-24-16-10-6-7-11-26(16)17/h4-11H,12-13H2,1-3H3,(H2,21,22,23). The molecule has 0 saturated carbocycles. The average Bonchev–Trinajstić information content (AvgIpc) is 3.05. The Kier molecular flexibility index (Phi) is 5.42. The van der Waals surface area contributed by atoms with Crippen molar-refractivity contribution in [1.29, 1.82) is 0 Å². The normalized spacial score (nSPS) is 12.4. The molecular weight excluding hydrogens is 348 g/mol. The van der Waals surface area contributed by atoms with Gasteiger partial charge in [-0.3, -0.25) is 9.39 Å². The Labute approximate surface area is 158 Å². The molecule has 2 N–H and O–H groups in total. The van der Waals surface area contributed by atoms with Crippen LogP contribution in [0.1, 0.15) is 25.2 Å². The number of guanidine groups is 1. The van der Waals surface area contributed by atoms with Crippen molar-refractivity contribution in [1.82, 2.24) is 25.2 Å². The maximum absolute atomic E-state index is 6.35. The lowest BCUT2D eigenvalue weighted by atomic mass is 9.84. The Hall–Kier alpha value is -2.60. The van der Waals surface area contributed by atoms with E-state index in [4.69, 9.17) is 11.6 Å². The summed E-state index contributed by atoms with van der Waals surface area (Å²) in [4.78, 5) is 4.29. The molecule has 0 aliphatic rings. The van der Waals surface area contributed by atoms with Crippen molar-refractivity contribution >= 4 is 23.2 Å². The minimum Gasteiger partial charge on any atom is -0.356 e. The molecule has 2 heterocycles. The SMILES string of the molecule is CN=C(NCc1nnc2ccccn12)NCC(C)(C)c1ccccc1Cl. The van der Waals surface area contributed by atoms with E-state index < -0.39 is 0 Å². The molecule has 1 aromatic carbocycles. The highest BCUT2D eigenvalue weighted by atomic mass is 35.5. The van der Waals surface area contributed by atoms with Crippen molar-refractivity contribution in [2.45, 2.75) is 25.8 Å². The molecule has 0 spiro atoms. The van der Waals surface area contributed by atoms with E-state index in [9.17, 15) is 0 Å². The molecule has 0 saturated heterocycles. The molecule has 3 aromatic rings. The lowest BCUT2D eigenvalue weighted by molar-refractivity contribution is 0.508. The van der Waals surface area contributed by atoms with Crippen LogP contribution in [0, 0.1) is 0 Å².